The number of hydrogen-bond donors (Lipinski definition) is 0. The van der Waals surface area contributed by atoms with Gasteiger partial charge in [-0.2, -0.15) is 0 Å². The smallest absolute Gasteiger partial charge is 0.161 e. The number of ether oxygens (including phenoxy) is 2. The monoisotopic (exact) mass is 286 g/mol. The first kappa shape index (κ1) is 13.6. The molecule has 0 saturated carbocycles. The second-order valence-electron chi connectivity index (χ2n) is 5.24. The summed E-state index contributed by atoms with van der Waals surface area (Å²) in [5.41, 5.74) is 1.72. The molecule has 1 aliphatic heterocycles. The van der Waals surface area contributed by atoms with Crippen molar-refractivity contribution in [2.24, 2.45) is 5.92 Å². The minimum Gasteiger partial charge on any atom is -0.489 e. The Bertz CT molecular complexity index is 682. The number of rotatable bonds is 2. The van der Waals surface area contributed by atoms with Crippen molar-refractivity contribution in [1.29, 1.82) is 0 Å². The molecule has 1 atom stereocenters. The Labute approximate surface area is 122 Å². The highest BCUT2D eigenvalue weighted by Crippen LogP contribution is 2.35. The summed E-state index contributed by atoms with van der Waals surface area (Å²) in [6, 6.07) is 9.49. The van der Waals surface area contributed by atoms with Crippen LogP contribution in [0.1, 0.15) is 17.3 Å². The summed E-state index contributed by atoms with van der Waals surface area (Å²) < 4.78 is 24.8. The van der Waals surface area contributed by atoms with E-state index in [1.54, 1.807) is 18.2 Å². The molecule has 0 fully saturated rings. The second kappa shape index (κ2) is 5.56. The van der Waals surface area contributed by atoms with Gasteiger partial charge in [0.25, 0.3) is 0 Å². The molecule has 2 aromatic carbocycles. The number of aldehydes is 1. The van der Waals surface area contributed by atoms with E-state index in [-0.39, 0.29) is 5.82 Å². The highest BCUT2D eigenvalue weighted by molar-refractivity contribution is 5.88. The van der Waals surface area contributed by atoms with E-state index in [0.29, 0.717) is 41.8 Å². The Balaban J connectivity index is 2.05. The highest BCUT2D eigenvalue weighted by atomic mass is 19.1. The van der Waals surface area contributed by atoms with Crippen LogP contribution >= 0.6 is 0 Å². The van der Waals surface area contributed by atoms with E-state index >= 15 is 0 Å². The van der Waals surface area contributed by atoms with E-state index in [9.17, 15) is 9.18 Å². The van der Waals surface area contributed by atoms with Crippen LogP contribution in [0, 0.1) is 11.7 Å². The predicted octanol–water partition coefficient (Wildman–Crippen LogP) is 3.71. The lowest BCUT2D eigenvalue weighted by Gasteiger charge is -2.11. The Morgan fingerprint density at radius 1 is 1.10 bits per heavy atom. The molecule has 3 rings (SSSR count). The van der Waals surface area contributed by atoms with Crippen molar-refractivity contribution in [3.05, 3.63) is 47.8 Å². The first-order valence-corrected chi connectivity index (χ1v) is 6.82. The van der Waals surface area contributed by atoms with Gasteiger partial charge < -0.3 is 9.47 Å². The third-order valence-electron chi connectivity index (χ3n) is 3.44. The fourth-order valence-electron chi connectivity index (χ4n) is 2.30. The summed E-state index contributed by atoms with van der Waals surface area (Å²) in [6.45, 7) is 3.22. The normalized spacial score (nSPS) is 17.1. The van der Waals surface area contributed by atoms with Crippen molar-refractivity contribution in [3.63, 3.8) is 0 Å². The fraction of sp³-hybridized carbons (Fsp3) is 0.235. The average Bonchev–Trinajstić information content (AvgIpc) is 2.69. The number of hydrogen-bond acceptors (Lipinski definition) is 3. The molecule has 0 radical (unpaired) electrons. The molecular formula is C17H15FO3. The summed E-state index contributed by atoms with van der Waals surface area (Å²) in [7, 11) is 0. The Kier molecular flexibility index (Phi) is 3.60. The van der Waals surface area contributed by atoms with Crippen LogP contribution in [0.2, 0.25) is 0 Å². The largest absolute Gasteiger partial charge is 0.489 e. The minimum absolute atomic E-state index is 0.306. The van der Waals surface area contributed by atoms with Crippen LogP contribution in [0.5, 0.6) is 11.5 Å². The summed E-state index contributed by atoms with van der Waals surface area (Å²) >= 11 is 0. The van der Waals surface area contributed by atoms with Crippen molar-refractivity contribution < 1.29 is 18.7 Å². The number of benzene rings is 2. The third kappa shape index (κ3) is 2.75. The standard InChI is InChI=1S/C17H15FO3/c1-11-9-20-16-5-3-12(6-17(16)21-10-11)15-7-14(18)4-2-13(15)8-19/h2-8,11H,9-10H2,1H3. The van der Waals surface area contributed by atoms with Gasteiger partial charge in [-0.05, 0) is 41.5 Å². The molecule has 0 bridgehead atoms. The van der Waals surface area contributed by atoms with E-state index in [4.69, 9.17) is 9.47 Å². The Hall–Kier alpha value is -2.36. The van der Waals surface area contributed by atoms with Crippen LogP contribution in [0.4, 0.5) is 4.39 Å². The molecule has 0 saturated heterocycles. The van der Waals surface area contributed by atoms with Gasteiger partial charge in [-0.3, -0.25) is 4.79 Å². The number of carbonyl (C=O) groups is 1. The summed E-state index contributed by atoms with van der Waals surface area (Å²) in [5.74, 6) is 1.22. The lowest BCUT2D eigenvalue weighted by atomic mass is 10.00. The zero-order valence-corrected chi connectivity index (χ0v) is 11.6. The second-order valence-corrected chi connectivity index (χ2v) is 5.24. The molecule has 1 heterocycles. The maximum Gasteiger partial charge on any atom is 0.161 e. The van der Waals surface area contributed by atoms with Gasteiger partial charge in [0.15, 0.2) is 17.8 Å². The van der Waals surface area contributed by atoms with E-state index in [1.165, 1.54) is 18.2 Å². The number of halogens is 1. The molecular weight excluding hydrogens is 271 g/mol. The Morgan fingerprint density at radius 3 is 2.62 bits per heavy atom. The maximum atomic E-state index is 13.5. The maximum absolute atomic E-state index is 13.5. The molecule has 108 valence electrons. The Morgan fingerprint density at radius 2 is 1.86 bits per heavy atom. The van der Waals surface area contributed by atoms with Gasteiger partial charge in [0.1, 0.15) is 5.82 Å². The van der Waals surface area contributed by atoms with E-state index in [1.807, 2.05) is 6.92 Å². The summed E-state index contributed by atoms with van der Waals surface area (Å²) in [6.07, 6.45) is 0.722. The van der Waals surface area contributed by atoms with Crippen molar-refractivity contribution in [2.75, 3.05) is 13.2 Å². The third-order valence-corrected chi connectivity index (χ3v) is 3.44. The van der Waals surface area contributed by atoms with Crippen LogP contribution in [-0.2, 0) is 0 Å². The lowest BCUT2D eigenvalue weighted by Crippen LogP contribution is -2.12. The van der Waals surface area contributed by atoms with Crippen LogP contribution < -0.4 is 9.47 Å². The summed E-state index contributed by atoms with van der Waals surface area (Å²) in [5, 5.41) is 0. The number of carbonyl (C=O) groups excluding carboxylic acids is 1. The topological polar surface area (TPSA) is 35.5 Å². The van der Waals surface area contributed by atoms with Gasteiger partial charge in [-0.25, -0.2) is 4.39 Å². The van der Waals surface area contributed by atoms with Crippen LogP contribution in [0.15, 0.2) is 36.4 Å². The lowest BCUT2D eigenvalue weighted by molar-refractivity contribution is 0.112. The molecule has 2 aromatic rings. The molecule has 4 heteroatoms. The zero-order valence-electron chi connectivity index (χ0n) is 11.6. The van der Waals surface area contributed by atoms with Crippen molar-refractivity contribution in [3.8, 4) is 22.6 Å². The van der Waals surface area contributed by atoms with Gasteiger partial charge in [0.2, 0.25) is 0 Å². The van der Waals surface area contributed by atoms with Crippen LogP contribution in [0.3, 0.4) is 0 Å². The fourth-order valence-corrected chi connectivity index (χ4v) is 2.30. The SMILES string of the molecule is CC1COc2ccc(-c3cc(F)ccc3C=O)cc2OC1. The molecule has 3 nitrogen and oxygen atoms in total. The van der Waals surface area contributed by atoms with Gasteiger partial charge in [0.05, 0.1) is 13.2 Å². The van der Waals surface area contributed by atoms with Crippen molar-refractivity contribution in [1.82, 2.24) is 0 Å². The molecule has 0 aliphatic carbocycles. The molecule has 0 spiro atoms. The van der Waals surface area contributed by atoms with Gasteiger partial charge in [-0.1, -0.05) is 13.0 Å². The number of fused-ring (bicyclic) bond motifs is 1. The molecule has 0 N–H and O–H groups in total. The van der Waals surface area contributed by atoms with Crippen molar-refractivity contribution >= 4 is 6.29 Å². The zero-order chi connectivity index (χ0) is 14.8. The molecule has 1 unspecified atom stereocenters. The van der Waals surface area contributed by atoms with Crippen LogP contribution in [-0.4, -0.2) is 19.5 Å². The highest BCUT2D eigenvalue weighted by Gasteiger charge is 2.16. The molecule has 21 heavy (non-hydrogen) atoms. The van der Waals surface area contributed by atoms with Crippen LogP contribution in [0.25, 0.3) is 11.1 Å². The van der Waals surface area contributed by atoms with Gasteiger partial charge >= 0.3 is 0 Å². The van der Waals surface area contributed by atoms with E-state index < -0.39 is 0 Å². The summed E-state index contributed by atoms with van der Waals surface area (Å²) in [4.78, 5) is 11.1. The predicted molar refractivity (Wildman–Crippen MR) is 77.4 cm³/mol. The quantitative estimate of drug-likeness (QED) is 0.789. The molecule has 1 aliphatic rings. The van der Waals surface area contributed by atoms with E-state index in [2.05, 4.69) is 0 Å². The van der Waals surface area contributed by atoms with E-state index in [0.717, 1.165) is 11.8 Å². The average molecular weight is 286 g/mol. The first-order chi connectivity index (χ1) is 10.2. The van der Waals surface area contributed by atoms with Gasteiger partial charge in [-0.15, -0.1) is 0 Å². The minimum atomic E-state index is -0.378. The molecule has 0 aromatic heterocycles. The molecule has 0 amide bonds. The first-order valence-electron chi connectivity index (χ1n) is 6.82. The van der Waals surface area contributed by atoms with Crippen molar-refractivity contribution in [2.45, 2.75) is 6.92 Å². The van der Waals surface area contributed by atoms with Gasteiger partial charge in [0, 0.05) is 11.5 Å².